The molecule has 1 aliphatic heterocycles. The fourth-order valence-electron chi connectivity index (χ4n) is 2.64. The van der Waals surface area contributed by atoms with Gasteiger partial charge in [-0.25, -0.2) is 0 Å². The van der Waals surface area contributed by atoms with Gasteiger partial charge in [-0.15, -0.1) is 0 Å². The Balaban J connectivity index is 2.12. The fraction of sp³-hybridized carbons (Fsp3) is 0.692. The zero-order chi connectivity index (χ0) is 14.0. The molecule has 1 fully saturated rings. The first kappa shape index (κ1) is 14.0. The standard InChI is InChI=1S/C13H22N4O2/c1-9(2)17-10(4-5-15-17)7-16-8-11(19-3)6-12(16)13(14)18/h4-5,9,11-12H,6-8H2,1-3H3,(H2,14,18)/t11-,12-/m0/s1. The topological polar surface area (TPSA) is 73.4 Å². The van der Waals surface area contributed by atoms with E-state index in [9.17, 15) is 4.79 Å². The number of methoxy groups -OCH3 is 1. The average Bonchev–Trinajstić information content (AvgIpc) is 2.95. The van der Waals surface area contributed by atoms with E-state index in [-0.39, 0.29) is 18.1 Å². The van der Waals surface area contributed by atoms with Crippen LogP contribution in [0.1, 0.15) is 32.0 Å². The van der Waals surface area contributed by atoms with Crippen molar-refractivity contribution >= 4 is 5.91 Å². The van der Waals surface area contributed by atoms with Crippen molar-refractivity contribution in [1.29, 1.82) is 0 Å². The van der Waals surface area contributed by atoms with Crippen molar-refractivity contribution in [3.8, 4) is 0 Å². The van der Waals surface area contributed by atoms with E-state index in [0.717, 1.165) is 12.2 Å². The maximum Gasteiger partial charge on any atom is 0.234 e. The molecule has 1 aromatic rings. The molecule has 1 amide bonds. The summed E-state index contributed by atoms with van der Waals surface area (Å²) in [6.07, 6.45) is 2.54. The SMILES string of the molecule is CO[C@H]1C[C@@H](C(N)=O)N(Cc2ccnn2C(C)C)C1. The lowest BCUT2D eigenvalue weighted by Crippen LogP contribution is -2.40. The minimum atomic E-state index is -0.282. The van der Waals surface area contributed by atoms with Crippen LogP contribution in [0.4, 0.5) is 0 Å². The molecule has 0 radical (unpaired) electrons. The molecule has 0 saturated carbocycles. The van der Waals surface area contributed by atoms with Crippen LogP contribution in [0.3, 0.4) is 0 Å². The van der Waals surface area contributed by atoms with Gasteiger partial charge in [0.1, 0.15) is 0 Å². The summed E-state index contributed by atoms with van der Waals surface area (Å²) in [6, 6.07) is 2.04. The van der Waals surface area contributed by atoms with Crippen molar-refractivity contribution in [3.05, 3.63) is 18.0 Å². The highest BCUT2D eigenvalue weighted by atomic mass is 16.5. The zero-order valence-corrected chi connectivity index (χ0v) is 11.7. The molecule has 0 aromatic carbocycles. The van der Waals surface area contributed by atoms with Crippen molar-refractivity contribution in [1.82, 2.24) is 14.7 Å². The minimum Gasteiger partial charge on any atom is -0.380 e. The molecule has 0 bridgehead atoms. The molecule has 2 heterocycles. The number of amides is 1. The summed E-state index contributed by atoms with van der Waals surface area (Å²) < 4.78 is 7.32. The van der Waals surface area contributed by atoms with E-state index in [2.05, 4.69) is 23.8 Å². The molecule has 2 N–H and O–H groups in total. The van der Waals surface area contributed by atoms with Crippen molar-refractivity contribution in [2.24, 2.45) is 5.73 Å². The van der Waals surface area contributed by atoms with Gasteiger partial charge in [0, 0.05) is 32.4 Å². The van der Waals surface area contributed by atoms with Crippen LogP contribution in [0.5, 0.6) is 0 Å². The number of ether oxygens (including phenoxy) is 1. The number of nitrogens with two attached hydrogens (primary N) is 1. The third kappa shape index (κ3) is 2.96. The van der Waals surface area contributed by atoms with E-state index >= 15 is 0 Å². The van der Waals surface area contributed by atoms with E-state index in [1.54, 1.807) is 13.3 Å². The van der Waals surface area contributed by atoms with Crippen molar-refractivity contribution in [2.75, 3.05) is 13.7 Å². The maximum atomic E-state index is 11.5. The van der Waals surface area contributed by atoms with E-state index in [1.807, 2.05) is 10.7 Å². The van der Waals surface area contributed by atoms with Gasteiger partial charge in [-0.05, 0) is 26.3 Å². The largest absolute Gasteiger partial charge is 0.380 e. The Labute approximate surface area is 113 Å². The highest BCUT2D eigenvalue weighted by Crippen LogP contribution is 2.22. The number of aromatic nitrogens is 2. The second-order valence-corrected chi connectivity index (χ2v) is 5.30. The van der Waals surface area contributed by atoms with Crippen molar-refractivity contribution in [2.45, 2.75) is 45.0 Å². The summed E-state index contributed by atoms with van der Waals surface area (Å²) in [4.78, 5) is 13.6. The Morgan fingerprint density at radius 3 is 2.95 bits per heavy atom. The lowest BCUT2D eigenvalue weighted by atomic mass is 10.2. The number of carbonyl (C=O) groups excluding carboxylic acids is 1. The van der Waals surface area contributed by atoms with Gasteiger partial charge in [0.05, 0.1) is 17.8 Å². The Bertz CT molecular complexity index is 444. The molecule has 2 rings (SSSR count). The van der Waals surface area contributed by atoms with Crippen LogP contribution in [0.2, 0.25) is 0 Å². The third-order valence-electron chi connectivity index (χ3n) is 3.63. The lowest BCUT2D eigenvalue weighted by molar-refractivity contribution is -0.122. The second-order valence-electron chi connectivity index (χ2n) is 5.30. The van der Waals surface area contributed by atoms with Gasteiger partial charge in [0.25, 0.3) is 0 Å². The summed E-state index contributed by atoms with van der Waals surface area (Å²) in [5, 5.41) is 4.31. The summed E-state index contributed by atoms with van der Waals surface area (Å²) in [6.45, 7) is 5.58. The van der Waals surface area contributed by atoms with Crippen molar-refractivity contribution in [3.63, 3.8) is 0 Å². The summed E-state index contributed by atoms with van der Waals surface area (Å²) in [5.74, 6) is -0.282. The number of primary amides is 1. The summed E-state index contributed by atoms with van der Waals surface area (Å²) >= 11 is 0. The molecule has 0 unspecified atom stereocenters. The second kappa shape index (κ2) is 5.71. The Hall–Kier alpha value is -1.40. The molecule has 1 aromatic heterocycles. The van der Waals surface area contributed by atoms with Gasteiger partial charge < -0.3 is 10.5 Å². The molecule has 2 atom stereocenters. The van der Waals surface area contributed by atoms with E-state index in [0.29, 0.717) is 19.0 Å². The minimum absolute atomic E-state index is 0.0768. The van der Waals surface area contributed by atoms with Gasteiger partial charge >= 0.3 is 0 Å². The van der Waals surface area contributed by atoms with Gasteiger partial charge in [0.2, 0.25) is 5.91 Å². The van der Waals surface area contributed by atoms with E-state index < -0.39 is 0 Å². The summed E-state index contributed by atoms with van der Waals surface area (Å²) in [7, 11) is 1.67. The number of nitrogens with zero attached hydrogens (tertiary/aromatic N) is 3. The summed E-state index contributed by atoms with van der Waals surface area (Å²) in [5.41, 5.74) is 6.57. The predicted octanol–water partition coefficient (Wildman–Crippen LogP) is 0.539. The molecule has 106 valence electrons. The lowest BCUT2D eigenvalue weighted by Gasteiger charge is -2.22. The smallest absolute Gasteiger partial charge is 0.234 e. The Kier molecular flexibility index (Phi) is 4.21. The van der Waals surface area contributed by atoms with Gasteiger partial charge in [-0.1, -0.05) is 0 Å². The van der Waals surface area contributed by atoms with Crippen LogP contribution in [0.25, 0.3) is 0 Å². The first-order valence-corrected chi connectivity index (χ1v) is 6.61. The molecular formula is C13H22N4O2. The van der Waals surface area contributed by atoms with Crippen LogP contribution in [0.15, 0.2) is 12.3 Å². The molecule has 6 heteroatoms. The normalized spacial score (nSPS) is 24.2. The van der Waals surface area contributed by atoms with E-state index in [1.165, 1.54) is 0 Å². The molecule has 0 aliphatic carbocycles. The number of hydrogen-bond acceptors (Lipinski definition) is 4. The van der Waals surface area contributed by atoms with Crippen LogP contribution in [-0.2, 0) is 16.1 Å². The predicted molar refractivity (Wildman–Crippen MR) is 71.4 cm³/mol. The van der Waals surface area contributed by atoms with Crippen LogP contribution < -0.4 is 5.73 Å². The first-order valence-electron chi connectivity index (χ1n) is 6.61. The van der Waals surface area contributed by atoms with E-state index in [4.69, 9.17) is 10.5 Å². The van der Waals surface area contributed by atoms with Gasteiger partial charge in [-0.3, -0.25) is 14.4 Å². The average molecular weight is 266 g/mol. The molecule has 6 nitrogen and oxygen atoms in total. The number of carbonyl (C=O) groups is 1. The fourth-order valence-corrected chi connectivity index (χ4v) is 2.64. The quantitative estimate of drug-likeness (QED) is 0.844. The number of rotatable bonds is 5. The highest BCUT2D eigenvalue weighted by molar-refractivity contribution is 5.80. The van der Waals surface area contributed by atoms with Gasteiger partial charge in [0.15, 0.2) is 0 Å². The van der Waals surface area contributed by atoms with Crippen molar-refractivity contribution < 1.29 is 9.53 Å². The molecular weight excluding hydrogens is 244 g/mol. The third-order valence-corrected chi connectivity index (χ3v) is 3.63. The monoisotopic (exact) mass is 266 g/mol. The first-order chi connectivity index (χ1) is 9.02. The van der Waals surface area contributed by atoms with Gasteiger partial charge in [-0.2, -0.15) is 5.10 Å². The molecule has 19 heavy (non-hydrogen) atoms. The van der Waals surface area contributed by atoms with Crippen LogP contribution in [0, 0.1) is 0 Å². The van der Waals surface area contributed by atoms with Crippen LogP contribution >= 0.6 is 0 Å². The molecule has 1 saturated heterocycles. The number of hydrogen-bond donors (Lipinski definition) is 1. The van der Waals surface area contributed by atoms with Crippen LogP contribution in [-0.4, -0.2) is 46.4 Å². The highest BCUT2D eigenvalue weighted by Gasteiger charge is 2.36. The number of likely N-dealkylation sites (tertiary alicyclic amines) is 1. The Morgan fingerprint density at radius 1 is 1.63 bits per heavy atom. The molecule has 1 aliphatic rings. The Morgan fingerprint density at radius 2 is 2.37 bits per heavy atom. The zero-order valence-electron chi connectivity index (χ0n) is 11.7. The maximum absolute atomic E-state index is 11.5. The molecule has 0 spiro atoms.